The Balaban J connectivity index is 1.97. The van der Waals surface area contributed by atoms with E-state index in [4.69, 9.17) is 8.33 Å². The first kappa shape index (κ1) is 9.23. The molecule has 1 rings (SSSR count). The monoisotopic (exact) mass is 266 g/mol. The Morgan fingerprint density at radius 3 is 2.91 bits per heavy atom. The zero-order valence-corrected chi connectivity index (χ0v) is 8.45. The summed E-state index contributed by atoms with van der Waals surface area (Å²) < 4.78 is 4.91. The molecule has 1 aliphatic rings. The molecule has 0 atom stereocenters. The maximum absolute atomic E-state index is 8.37. The minimum absolute atomic E-state index is 0.620. The van der Waals surface area contributed by atoms with Crippen LogP contribution >= 0.6 is 23.0 Å². The van der Waals surface area contributed by atoms with Gasteiger partial charge in [-0.25, -0.2) is 0 Å². The van der Waals surface area contributed by atoms with Gasteiger partial charge in [-0.1, -0.05) is 0 Å². The molecular formula is C7H11IN2O. The van der Waals surface area contributed by atoms with Gasteiger partial charge < -0.3 is 7.97 Å². The van der Waals surface area contributed by atoms with E-state index in [-0.39, 0.29) is 0 Å². The molecule has 0 amide bonds. The second-order valence-electron chi connectivity index (χ2n) is 2.80. The molecule has 0 unspecified atom stereocenters. The van der Waals surface area contributed by atoms with Gasteiger partial charge in [-0.05, 0) is 5.92 Å². The number of likely N-dealkylation sites (tertiary alicyclic amines) is 1. The highest BCUT2D eigenvalue weighted by Crippen LogP contribution is 2.17. The smallest absolute Gasteiger partial charge is 0.109 e. The van der Waals surface area contributed by atoms with E-state index < -0.39 is 0 Å². The molecule has 0 N–H and O–H groups in total. The summed E-state index contributed by atoms with van der Waals surface area (Å²) in [6.45, 7) is 3.95. The van der Waals surface area contributed by atoms with Gasteiger partial charge in [-0.15, -0.1) is 0 Å². The highest BCUT2D eigenvalue weighted by molar-refractivity contribution is 14.1. The van der Waals surface area contributed by atoms with Crippen LogP contribution in [0, 0.1) is 17.2 Å². The number of rotatable bonds is 4. The predicted molar refractivity (Wildman–Crippen MR) is 50.1 cm³/mol. The predicted octanol–water partition coefficient (Wildman–Crippen LogP) is 1.20. The number of nitriles is 1. The third kappa shape index (κ3) is 2.93. The molecule has 0 aromatic carbocycles. The molecular weight excluding hydrogens is 255 g/mol. The van der Waals surface area contributed by atoms with Crippen LogP contribution in [0.1, 0.15) is 6.42 Å². The maximum Gasteiger partial charge on any atom is 0.109 e. The zero-order chi connectivity index (χ0) is 8.10. The van der Waals surface area contributed by atoms with Crippen molar-refractivity contribution in [3.63, 3.8) is 0 Å². The summed E-state index contributed by atoms with van der Waals surface area (Å²) in [6.07, 6.45) is 0.710. The lowest BCUT2D eigenvalue weighted by molar-refractivity contribution is 0.0924. The third-order valence-corrected chi connectivity index (χ3v) is 2.34. The molecule has 1 saturated heterocycles. The Labute approximate surface area is 81.0 Å². The normalized spacial score (nSPS) is 19.3. The lowest BCUT2D eigenvalue weighted by Gasteiger charge is -2.37. The molecule has 0 aromatic rings. The van der Waals surface area contributed by atoms with E-state index in [0.29, 0.717) is 12.3 Å². The van der Waals surface area contributed by atoms with Crippen molar-refractivity contribution in [2.45, 2.75) is 6.42 Å². The minimum Gasteiger partial charge on any atom is -0.314 e. The second-order valence-corrected chi connectivity index (χ2v) is 3.42. The van der Waals surface area contributed by atoms with Crippen molar-refractivity contribution in [1.29, 1.82) is 5.26 Å². The summed E-state index contributed by atoms with van der Waals surface area (Å²) in [5.41, 5.74) is 0. The van der Waals surface area contributed by atoms with E-state index in [0.717, 1.165) is 26.2 Å². The molecule has 62 valence electrons. The van der Waals surface area contributed by atoms with Gasteiger partial charge >= 0.3 is 0 Å². The molecule has 4 heteroatoms. The second kappa shape index (κ2) is 4.91. The average Bonchev–Trinajstić information content (AvgIpc) is 1.94. The number of nitrogens with zero attached hydrogens (tertiary/aromatic N) is 2. The third-order valence-electron chi connectivity index (χ3n) is 1.90. The summed E-state index contributed by atoms with van der Waals surface area (Å²) in [4.78, 5) is 2.31. The zero-order valence-electron chi connectivity index (χ0n) is 6.29. The van der Waals surface area contributed by atoms with E-state index in [1.165, 1.54) is 0 Å². The van der Waals surface area contributed by atoms with Crippen LogP contribution in [0.2, 0.25) is 0 Å². The van der Waals surface area contributed by atoms with Gasteiger partial charge in [0.05, 0.1) is 12.7 Å². The van der Waals surface area contributed by atoms with Crippen molar-refractivity contribution in [3.05, 3.63) is 0 Å². The molecule has 1 heterocycles. The Bertz CT molecular complexity index is 151. The summed E-state index contributed by atoms with van der Waals surface area (Å²) in [6, 6.07) is 2.19. The SMILES string of the molecule is N#CCC1CN(CCOI)C1. The van der Waals surface area contributed by atoms with Crippen LogP contribution in [-0.4, -0.2) is 31.1 Å². The summed E-state index contributed by atoms with van der Waals surface area (Å²) >= 11 is 1.90. The van der Waals surface area contributed by atoms with Crippen molar-refractivity contribution in [1.82, 2.24) is 4.90 Å². The van der Waals surface area contributed by atoms with E-state index in [1.54, 1.807) is 0 Å². The van der Waals surface area contributed by atoms with E-state index in [2.05, 4.69) is 11.0 Å². The molecule has 0 bridgehead atoms. The van der Waals surface area contributed by atoms with E-state index >= 15 is 0 Å². The number of hydrogen-bond acceptors (Lipinski definition) is 3. The fourth-order valence-corrected chi connectivity index (χ4v) is 1.48. The van der Waals surface area contributed by atoms with Gasteiger partial charge in [0, 0.05) is 26.1 Å². The van der Waals surface area contributed by atoms with Crippen LogP contribution < -0.4 is 0 Å². The highest BCUT2D eigenvalue weighted by Gasteiger charge is 2.25. The molecule has 0 saturated carbocycles. The number of hydrogen-bond donors (Lipinski definition) is 0. The molecule has 0 radical (unpaired) electrons. The first-order valence-corrected chi connectivity index (χ1v) is 4.57. The Morgan fingerprint density at radius 2 is 2.36 bits per heavy atom. The van der Waals surface area contributed by atoms with Crippen LogP contribution in [0.15, 0.2) is 0 Å². The Kier molecular flexibility index (Phi) is 4.12. The first-order valence-electron chi connectivity index (χ1n) is 3.69. The van der Waals surface area contributed by atoms with Gasteiger partial charge in [0.15, 0.2) is 0 Å². The van der Waals surface area contributed by atoms with Crippen LogP contribution in [0.4, 0.5) is 0 Å². The van der Waals surface area contributed by atoms with Crippen molar-refractivity contribution >= 4 is 23.0 Å². The topological polar surface area (TPSA) is 36.3 Å². The van der Waals surface area contributed by atoms with Crippen molar-refractivity contribution in [2.75, 3.05) is 26.2 Å². The first-order chi connectivity index (χ1) is 5.36. The quantitative estimate of drug-likeness (QED) is 0.717. The van der Waals surface area contributed by atoms with Gasteiger partial charge in [0.2, 0.25) is 0 Å². The highest BCUT2D eigenvalue weighted by atomic mass is 127. The molecule has 3 nitrogen and oxygen atoms in total. The van der Waals surface area contributed by atoms with Gasteiger partial charge in [-0.2, -0.15) is 5.26 Å². The molecule has 11 heavy (non-hydrogen) atoms. The Morgan fingerprint density at radius 1 is 1.64 bits per heavy atom. The van der Waals surface area contributed by atoms with Gasteiger partial charge in [-0.3, -0.25) is 0 Å². The average molecular weight is 266 g/mol. The van der Waals surface area contributed by atoms with Crippen LogP contribution in [0.5, 0.6) is 0 Å². The summed E-state index contributed by atoms with van der Waals surface area (Å²) in [7, 11) is 0. The minimum atomic E-state index is 0.620. The standard InChI is InChI=1S/C7H11IN2O/c8-11-4-3-10-5-7(6-10)1-2-9/h7H,1,3-6H2. The summed E-state index contributed by atoms with van der Waals surface area (Å²) in [5.74, 6) is 0.620. The van der Waals surface area contributed by atoms with Crippen LogP contribution in [-0.2, 0) is 3.07 Å². The van der Waals surface area contributed by atoms with Gasteiger partial charge in [0.1, 0.15) is 23.0 Å². The van der Waals surface area contributed by atoms with Crippen molar-refractivity contribution in [2.24, 2.45) is 5.92 Å². The molecule has 0 spiro atoms. The largest absolute Gasteiger partial charge is 0.314 e. The number of halogens is 1. The maximum atomic E-state index is 8.37. The molecule has 0 aliphatic carbocycles. The van der Waals surface area contributed by atoms with Crippen LogP contribution in [0.25, 0.3) is 0 Å². The molecule has 0 aromatic heterocycles. The van der Waals surface area contributed by atoms with E-state index in [1.807, 2.05) is 23.0 Å². The van der Waals surface area contributed by atoms with E-state index in [9.17, 15) is 0 Å². The summed E-state index contributed by atoms with van der Waals surface area (Å²) in [5, 5.41) is 8.37. The molecule has 1 aliphatic heterocycles. The van der Waals surface area contributed by atoms with Crippen molar-refractivity contribution < 1.29 is 3.07 Å². The lowest BCUT2D eigenvalue weighted by Crippen LogP contribution is -2.47. The lowest BCUT2D eigenvalue weighted by atomic mass is 9.97. The molecule has 1 fully saturated rings. The fourth-order valence-electron chi connectivity index (χ4n) is 1.28. The Hall–Kier alpha value is 0.140. The van der Waals surface area contributed by atoms with Gasteiger partial charge in [0.25, 0.3) is 0 Å². The van der Waals surface area contributed by atoms with Crippen LogP contribution in [0.3, 0.4) is 0 Å². The van der Waals surface area contributed by atoms with Crippen molar-refractivity contribution in [3.8, 4) is 6.07 Å². The fraction of sp³-hybridized carbons (Fsp3) is 0.857.